The molecule has 0 spiro atoms. The van der Waals surface area contributed by atoms with Crippen LogP contribution in [0, 0.1) is 13.8 Å². The van der Waals surface area contributed by atoms with Crippen LogP contribution in [-0.4, -0.2) is 29.0 Å². The smallest absolute Gasteiger partial charge is 0.387 e. The van der Waals surface area contributed by atoms with Crippen LogP contribution in [0.4, 0.5) is 8.78 Å². The number of alkyl halides is 2. The first-order chi connectivity index (χ1) is 15.7. The number of halogens is 2. The minimum absolute atomic E-state index is 0.0586. The Labute approximate surface area is 194 Å². The lowest BCUT2D eigenvalue weighted by atomic mass is 9.99. The van der Waals surface area contributed by atoms with E-state index in [1.165, 1.54) is 33.9 Å². The molecule has 5 nitrogen and oxygen atoms in total. The number of carbonyl (C=O) groups is 2. The van der Waals surface area contributed by atoms with Crippen molar-refractivity contribution in [3.8, 4) is 11.4 Å². The summed E-state index contributed by atoms with van der Waals surface area (Å²) >= 11 is 1.46. The zero-order valence-electron chi connectivity index (χ0n) is 18.7. The lowest BCUT2D eigenvalue weighted by molar-refractivity contribution is -0.0498. The molecule has 4 rings (SSSR count). The van der Waals surface area contributed by atoms with E-state index in [9.17, 15) is 18.4 Å². The van der Waals surface area contributed by atoms with Gasteiger partial charge >= 0.3 is 12.6 Å². The van der Waals surface area contributed by atoms with Gasteiger partial charge in [-0.1, -0.05) is 0 Å². The molecule has 2 heterocycles. The van der Waals surface area contributed by atoms with Gasteiger partial charge < -0.3 is 14.0 Å². The van der Waals surface area contributed by atoms with Gasteiger partial charge in [0.25, 0.3) is 0 Å². The maximum Gasteiger partial charge on any atom is 0.387 e. The summed E-state index contributed by atoms with van der Waals surface area (Å²) in [7, 11) is 0. The summed E-state index contributed by atoms with van der Waals surface area (Å²) in [6.45, 7) is 2.33. The topological polar surface area (TPSA) is 57.5 Å². The number of fused-ring (bicyclic) bond motifs is 1. The number of hydrogen-bond acceptors (Lipinski definition) is 5. The average molecular weight is 474 g/mol. The number of ether oxygens (including phenoxy) is 2. The fourth-order valence-corrected chi connectivity index (χ4v) is 5.41. The molecule has 2 aromatic heterocycles. The molecular formula is C25H25F2NO4S. The number of esters is 1. The number of ketones is 1. The molecular weight excluding hydrogens is 448 g/mol. The summed E-state index contributed by atoms with van der Waals surface area (Å²) in [6.07, 6.45) is 3.30. The van der Waals surface area contributed by atoms with Gasteiger partial charge in [0.05, 0.1) is 0 Å². The molecule has 1 aliphatic rings. The van der Waals surface area contributed by atoms with Gasteiger partial charge in [0, 0.05) is 27.5 Å². The van der Waals surface area contributed by atoms with Crippen LogP contribution in [0.5, 0.6) is 5.75 Å². The molecule has 3 aromatic rings. The Bertz CT molecular complexity index is 1160. The molecule has 0 radical (unpaired) electrons. The van der Waals surface area contributed by atoms with Crippen molar-refractivity contribution >= 4 is 23.1 Å². The van der Waals surface area contributed by atoms with E-state index in [1.807, 2.05) is 17.6 Å². The van der Waals surface area contributed by atoms with E-state index in [0.717, 1.165) is 31.4 Å². The van der Waals surface area contributed by atoms with E-state index in [0.29, 0.717) is 21.8 Å². The summed E-state index contributed by atoms with van der Waals surface area (Å²) in [6, 6.07) is 9.84. The summed E-state index contributed by atoms with van der Waals surface area (Å²) in [4.78, 5) is 27.5. The highest BCUT2D eigenvalue weighted by atomic mass is 32.1. The predicted octanol–water partition coefficient (Wildman–Crippen LogP) is 6.06. The number of nitrogens with zero attached hydrogens (tertiary/aromatic N) is 1. The highest BCUT2D eigenvalue weighted by Crippen LogP contribution is 2.30. The third-order valence-electron chi connectivity index (χ3n) is 5.87. The Morgan fingerprint density at radius 3 is 2.42 bits per heavy atom. The second kappa shape index (κ2) is 9.47. The number of Topliss-reactive ketones (excluding diaryl/α,β-unsaturated/α-hetero) is 1. The molecule has 174 valence electrons. The molecule has 0 fully saturated rings. The first-order valence-corrected chi connectivity index (χ1v) is 11.7. The maximum atomic E-state index is 13.1. The number of thiophene rings is 1. The van der Waals surface area contributed by atoms with Gasteiger partial charge in [-0.15, -0.1) is 11.3 Å². The van der Waals surface area contributed by atoms with E-state index in [2.05, 4.69) is 4.74 Å². The molecule has 0 aliphatic heterocycles. The van der Waals surface area contributed by atoms with Crippen molar-refractivity contribution < 1.29 is 27.8 Å². The fourth-order valence-electron chi connectivity index (χ4n) is 4.27. The summed E-state index contributed by atoms with van der Waals surface area (Å²) in [5, 5.41) is 0. The third-order valence-corrected chi connectivity index (χ3v) is 7.08. The monoisotopic (exact) mass is 473 g/mol. The summed E-state index contributed by atoms with van der Waals surface area (Å²) < 4.78 is 36.6. The largest absolute Gasteiger partial charge is 0.450 e. The van der Waals surface area contributed by atoms with E-state index in [1.54, 1.807) is 32.0 Å². The first-order valence-electron chi connectivity index (χ1n) is 10.9. The van der Waals surface area contributed by atoms with Gasteiger partial charge in [-0.05, 0) is 88.4 Å². The normalized spacial score (nSPS) is 14.1. The van der Waals surface area contributed by atoms with E-state index >= 15 is 0 Å². The van der Waals surface area contributed by atoms with E-state index in [4.69, 9.17) is 4.74 Å². The Morgan fingerprint density at radius 2 is 1.76 bits per heavy atom. The zero-order chi connectivity index (χ0) is 23.7. The van der Waals surface area contributed by atoms with Crippen LogP contribution in [-0.2, 0) is 17.6 Å². The van der Waals surface area contributed by atoms with E-state index < -0.39 is 18.7 Å². The van der Waals surface area contributed by atoms with Gasteiger partial charge in [0.15, 0.2) is 6.10 Å². The van der Waals surface area contributed by atoms with Gasteiger partial charge in [-0.2, -0.15) is 8.78 Å². The molecule has 0 amide bonds. The van der Waals surface area contributed by atoms with Crippen LogP contribution >= 0.6 is 11.3 Å². The molecule has 0 saturated heterocycles. The van der Waals surface area contributed by atoms with Crippen LogP contribution in [0.2, 0.25) is 0 Å². The Balaban J connectivity index is 1.50. The lowest BCUT2D eigenvalue weighted by Crippen LogP contribution is -2.24. The molecule has 1 aromatic carbocycles. The van der Waals surface area contributed by atoms with Crippen molar-refractivity contribution in [2.75, 3.05) is 0 Å². The van der Waals surface area contributed by atoms with Crippen LogP contribution in [0.3, 0.4) is 0 Å². The van der Waals surface area contributed by atoms with Crippen LogP contribution in [0.1, 0.15) is 61.6 Å². The zero-order valence-corrected chi connectivity index (χ0v) is 19.5. The van der Waals surface area contributed by atoms with Gasteiger partial charge in [-0.25, -0.2) is 4.79 Å². The molecule has 8 heteroatoms. The van der Waals surface area contributed by atoms with Crippen LogP contribution < -0.4 is 4.74 Å². The Hall–Kier alpha value is -3.00. The minimum Gasteiger partial charge on any atom is -0.450 e. The number of carbonyl (C=O) groups excluding carboxylic acids is 2. The fraction of sp³-hybridized carbons (Fsp3) is 0.360. The van der Waals surface area contributed by atoms with Crippen molar-refractivity contribution in [1.82, 2.24) is 4.57 Å². The van der Waals surface area contributed by atoms with Crippen LogP contribution in [0.15, 0.2) is 36.4 Å². The first kappa shape index (κ1) is 23.2. The van der Waals surface area contributed by atoms with Crippen molar-refractivity contribution in [2.24, 2.45) is 0 Å². The van der Waals surface area contributed by atoms with Crippen molar-refractivity contribution in [1.29, 1.82) is 0 Å². The number of aromatic nitrogens is 1. The third kappa shape index (κ3) is 4.85. The maximum absolute atomic E-state index is 13.1. The predicted molar refractivity (Wildman–Crippen MR) is 122 cm³/mol. The van der Waals surface area contributed by atoms with Gasteiger partial charge in [-0.3, -0.25) is 4.79 Å². The summed E-state index contributed by atoms with van der Waals surface area (Å²) in [5.41, 5.74) is 3.84. The van der Waals surface area contributed by atoms with Crippen molar-refractivity contribution in [3.63, 3.8) is 0 Å². The van der Waals surface area contributed by atoms with Crippen LogP contribution in [0.25, 0.3) is 5.69 Å². The molecule has 1 aliphatic carbocycles. The molecule has 0 N–H and O–H groups in total. The van der Waals surface area contributed by atoms with Gasteiger partial charge in [0.1, 0.15) is 10.6 Å². The highest BCUT2D eigenvalue weighted by molar-refractivity contribution is 7.14. The molecule has 0 saturated carbocycles. The van der Waals surface area contributed by atoms with Gasteiger partial charge in [0.2, 0.25) is 5.78 Å². The second-order valence-electron chi connectivity index (χ2n) is 8.17. The van der Waals surface area contributed by atoms with Crippen molar-refractivity contribution in [3.05, 3.63) is 68.7 Å². The lowest BCUT2D eigenvalue weighted by Gasteiger charge is -2.13. The SMILES string of the molecule is Cc1cc(C(=O)C(C)OC(=O)c2cc3c(s2)CCCC3)c(C)n1-c1ccc(OC(F)F)cc1. The number of aryl methyl sites for hydroxylation is 3. The molecule has 0 bridgehead atoms. The molecule has 1 atom stereocenters. The second-order valence-corrected chi connectivity index (χ2v) is 9.31. The quantitative estimate of drug-likeness (QED) is 0.309. The highest BCUT2D eigenvalue weighted by Gasteiger charge is 2.26. The Morgan fingerprint density at radius 1 is 1.06 bits per heavy atom. The van der Waals surface area contributed by atoms with E-state index in [-0.39, 0.29) is 11.5 Å². The standard InChI is InChI=1S/C25H25F2NO4S/c1-14-12-20(15(2)28(14)18-8-10-19(11-9-18)32-25(26)27)23(29)16(3)31-24(30)22-13-17-6-4-5-7-21(17)33-22/h8-13,16,25H,4-7H2,1-3H3. The minimum atomic E-state index is -2.89. The number of hydrogen-bond donors (Lipinski definition) is 0. The molecule has 33 heavy (non-hydrogen) atoms. The Kier molecular flexibility index (Phi) is 6.65. The number of benzene rings is 1. The summed E-state index contributed by atoms with van der Waals surface area (Å²) in [5.74, 6) is -0.705. The molecule has 1 unspecified atom stereocenters. The number of rotatable bonds is 7. The van der Waals surface area contributed by atoms with Crippen molar-refractivity contribution in [2.45, 2.75) is 59.2 Å². The average Bonchev–Trinajstić information content (AvgIpc) is 3.34.